The second-order valence-electron chi connectivity index (χ2n) is 5.55. The Labute approximate surface area is 153 Å². The monoisotopic (exact) mass is 427 g/mol. The summed E-state index contributed by atoms with van der Waals surface area (Å²) in [6.07, 6.45) is 0.992. The molecule has 0 aromatic heterocycles. The predicted molar refractivity (Wildman–Crippen MR) is 104 cm³/mol. The van der Waals surface area contributed by atoms with E-state index in [0.29, 0.717) is 6.04 Å². The zero-order valence-electron chi connectivity index (χ0n) is 14.6. The molecular weight excluding hydrogens is 393 g/mol. The van der Waals surface area contributed by atoms with Crippen molar-refractivity contribution in [2.45, 2.75) is 26.3 Å². The van der Waals surface area contributed by atoms with Gasteiger partial charge in [0.25, 0.3) is 0 Å². The van der Waals surface area contributed by atoms with Crippen molar-refractivity contribution >= 4 is 29.9 Å². The van der Waals surface area contributed by atoms with Gasteiger partial charge in [-0.25, -0.2) is 0 Å². The van der Waals surface area contributed by atoms with Crippen molar-refractivity contribution in [3.8, 4) is 0 Å². The zero-order valence-corrected chi connectivity index (χ0v) is 16.9. The van der Waals surface area contributed by atoms with Gasteiger partial charge in [-0.05, 0) is 19.9 Å². The second kappa shape index (κ2) is 13.3. The molecule has 0 aromatic rings. The Morgan fingerprint density at radius 1 is 1.23 bits per heavy atom. The molecule has 1 aliphatic heterocycles. The van der Waals surface area contributed by atoms with Crippen LogP contribution in [0.3, 0.4) is 0 Å². The lowest BCUT2D eigenvalue weighted by molar-refractivity contribution is 0.107. The summed E-state index contributed by atoms with van der Waals surface area (Å²) in [4.78, 5) is 9.31. The SMILES string of the molecule is CCN1CCN(C(C)CNC(=NC)NCCCOC)CC1.I. The van der Waals surface area contributed by atoms with Gasteiger partial charge in [-0.1, -0.05) is 6.92 Å². The van der Waals surface area contributed by atoms with Crippen LogP contribution in [0.25, 0.3) is 0 Å². The van der Waals surface area contributed by atoms with Gasteiger partial charge in [-0.15, -0.1) is 24.0 Å². The first-order chi connectivity index (χ1) is 10.2. The van der Waals surface area contributed by atoms with Crippen LogP contribution in [0.1, 0.15) is 20.3 Å². The maximum atomic E-state index is 5.04. The minimum absolute atomic E-state index is 0. The molecule has 1 fully saturated rings. The van der Waals surface area contributed by atoms with E-state index in [2.05, 4.69) is 39.3 Å². The van der Waals surface area contributed by atoms with E-state index in [-0.39, 0.29) is 24.0 Å². The van der Waals surface area contributed by atoms with Gasteiger partial charge in [0.1, 0.15) is 0 Å². The largest absolute Gasteiger partial charge is 0.385 e. The van der Waals surface area contributed by atoms with E-state index >= 15 is 0 Å². The molecule has 0 aromatic carbocycles. The lowest BCUT2D eigenvalue weighted by Crippen LogP contribution is -2.53. The van der Waals surface area contributed by atoms with Gasteiger partial charge in [0.05, 0.1) is 0 Å². The first-order valence-corrected chi connectivity index (χ1v) is 8.11. The van der Waals surface area contributed by atoms with Crippen LogP contribution >= 0.6 is 24.0 Å². The summed E-state index contributed by atoms with van der Waals surface area (Å²) in [7, 11) is 3.55. The number of nitrogens with zero attached hydrogens (tertiary/aromatic N) is 3. The normalized spacial score (nSPS) is 18.6. The van der Waals surface area contributed by atoms with Crippen LogP contribution in [0, 0.1) is 0 Å². The molecule has 1 aliphatic rings. The van der Waals surface area contributed by atoms with Crippen LogP contribution in [-0.2, 0) is 4.74 Å². The van der Waals surface area contributed by atoms with Crippen LogP contribution in [0.15, 0.2) is 4.99 Å². The Balaban J connectivity index is 0.00000441. The van der Waals surface area contributed by atoms with Crippen LogP contribution < -0.4 is 10.6 Å². The number of halogens is 1. The Kier molecular flexibility index (Phi) is 13.3. The van der Waals surface area contributed by atoms with Crippen molar-refractivity contribution in [1.82, 2.24) is 20.4 Å². The molecule has 0 saturated carbocycles. The number of nitrogens with one attached hydrogen (secondary N) is 2. The third kappa shape index (κ3) is 8.50. The maximum absolute atomic E-state index is 5.04. The Hall–Kier alpha value is -0.120. The maximum Gasteiger partial charge on any atom is 0.191 e. The van der Waals surface area contributed by atoms with Gasteiger partial charge >= 0.3 is 0 Å². The summed E-state index contributed by atoms with van der Waals surface area (Å²) in [5, 5.41) is 6.72. The Morgan fingerprint density at radius 3 is 2.45 bits per heavy atom. The van der Waals surface area contributed by atoms with E-state index in [0.717, 1.165) is 45.2 Å². The molecule has 0 amide bonds. The molecule has 0 spiro atoms. The van der Waals surface area contributed by atoms with E-state index in [4.69, 9.17) is 4.74 Å². The molecule has 1 rings (SSSR count). The predicted octanol–water partition coefficient (Wildman–Crippen LogP) is 0.832. The van der Waals surface area contributed by atoms with E-state index in [1.54, 1.807) is 7.11 Å². The molecule has 1 saturated heterocycles. The molecule has 0 bridgehead atoms. The molecule has 1 unspecified atom stereocenters. The van der Waals surface area contributed by atoms with Gasteiger partial charge in [-0.2, -0.15) is 0 Å². The minimum Gasteiger partial charge on any atom is -0.385 e. The first-order valence-electron chi connectivity index (χ1n) is 8.11. The zero-order chi connectivity index (χ0) is 15.5. The molecule has 7 heteroatoms. The number of hydrogen-bond acceptors (Lipinski definition) is 4. The third-order valence-electron chi connectivity index (χ3n) is 4.08. The summed E-state index contributed by atoms with van der Waals surface area (Å²) in [5.41, 5.74) is 0. The fourth-order valence-electron chi connectivity index (χ4n) is 2.54. The highest BCUT2D eigenvalue weighted by Crippen LogP contribution is 2.05. The van der Waals surface area contributed by atoms with Crippen molar-refractivity contribution in [1.29, 1.82) is 0 Å². The van der Waals surface area contributed by atoms with Gasteiger partial charge in [0.15, 0.2) is 5.96 Å². The number of piperazine rings is 1. The fourth-order valence-corrected chi connectivity index (χ4v) is 2.54. The van der Waals surface area contributed by atoms with E-state index in [1.165, 1.54) is 19.6 Å². The highest BCUT2D eigenvalue weighted by atomic mass is 127. The van der Waals surface area contributed by atoms with Crippen molar-refractivity contribution in [2.75, 3.05) is 66.6 Å². The standard InChI is InChI=1S/C15H33N5O.HI/c1-5-19-8-10-20(11-9-19)14(2)13-18-15(16-3)17-7-6-12-21-4;/h14H,5-13H2,1-4H3,(H2,16,17,18);1H. The van der Waals surface area contributed by atoms with Crippen molar-refractivity contribution in [2.24, 2.45) is 4.99 Å². The topological polar surface area (TPSA) is 52.1 Å². The molecule has 1 heterocycles. The quantitative estimate of drug-likeness (QED) is 0.260. The molecule has 2 N–H and O–H groups in total. The highest BCUT2D eigenvalue weighted by molar-refractivity contribution is 14.0. The fraction of sp³-hybridized carbons (Fsp3) is 0.933. The van der Waals surface area contributed by atoms with Gasteiger partial charge < -0.3 is 20.3 Å². The van der Waals surface area contributed by atoms with Crippen LogP contribution in [0.4, 0.5) is 0 Å². The smallest absolute Gasteiger partial charge is 0.191 e. The van der Waals surface area contributed by atoms with Crippen molar-refractivity contribution in [3.63, 3.8) is 0 Å². The summed E-state index contributed by atoms with van der Waals surface area (Å²) >= 11 is 0. The first kappa shape index (κ1) is 21.9. The van der Waals surface area contributed by atoms with Crippen molar-refractivity contribution in [3.05, 3.63) is 0 Å². The summed E-state index contributed by atoms with van der Waals surface area (Å²) < 4.78 is 5.04. The lowest BCUT2D eigenvalue weighted by Gasteiger charge is -2.37. The molecule has 6 nitrogen and oxygen atoms in total. The van der Waals surface area contributed by atoms with Crippen molar-refractivity contribution < 1.29 is 4.74 Å². The van der Waals surface area contributed by atoms with E-state index < -0.39 is 0 Å². The lowest BCUT2D eigenvalue weighted by atomic mass is 10.2. The van der Waals surface area contributed by atoms with Gasteiger partial charge in [0.2, 0.25) is 0 Å². The van der Waals surface area contributed by atoms with Crippen LogP contribution in [0.5, 0.6) is 0 Å². The number of guanidine groups is 1. The minimum atomic E-state index is 0. The third-order valence-corrected chi connectivity index (χ3v) is 4.08. The van der Waals surface area contributed by atoms with Crippen LogP contribution in [0.2, 0.25) is 0 Å². The average Bonchev–Trinajstić information content (AvgIpc) is 2.54. The molecule has 1 atom stereocenters. The van der Waals surface area contributed by atoms with Gasteiger partial charge in [-0.3, -0.25) is 9.89 Å². The summed E-state index contributed by atoms with van der Waals surface area (Å²) in [6, 6.07) is 0.529. The second-order valence-corrected chi connectivity index (χ2v) is 5.55. The van der Waals surface area contributed by atoms with E-state index in [9.17, 15) is 0 Å². The van der Waals surface area contributed by atoms with E-state index in [1.807, 2.05) is 7.05 Å². The number of ether oxygens (including phenoxy) is 1. The molecule has 0 aliphatic carbocycles. The highest BCUT2D eigenvalue weighted by Gasteiger charge is 2.19. The Morgan fingerprint density at radius 2 is 1.91 bits per heavy atom. The number of methoxy groups -OCH3 is 1. The molecular formula is C15H34IN5O. The summed E-state index contributed by atoms with van der Waals surface area (Å²) in [5.74, 6) is 0.880. The number of aliphatic imine (C=N–C) groups is 1. The molecule has 132 valence electrons. The summed E-state index contributed by atoms with van der Waals surface area (Å²) in [6.45, 7) is 13.0. The number of hydrogen-bond donors (Lipinski definition) is 2. The molecule has 22 heavy (non-hydrogen) atoms. The number of likely N-dealkylation sites (N-methyl/N-ethyl adjacent to an activating group) is 1. The van der Waals surface area contributed by atoms with Gasteiger partial charge in [0, 0.05) is 66.1 Å². The average molecular weight is 427 g/mol. The number of rotatable bonds is 8. The molecule has 0 radical (unpaired) electrons. The van der Waals surface area contributed by atoms with Crippen LogP contribution in [-0.4, -0.2) is 88.4 Å². The Bertz CT molecular complexity index is 296.